The van der Waals surface area contributed by atoms with E-state index in [1.807, 2.05) is 54.9 Å². The van der Waals surface area contributed by atoms with E-state index in [0.717, 1.165) is 22.6 Å². The topological polar surface area (TPSA) is 40.5 Å². The van der Waals surface area contributed by atoms with E-state index in [2.05, 4.69) is 27.5 Å². The van der Waals surface area contributed by atoms with Crippen LogP contribution in [-0.4, -0.2) is 17.6 Å². The summed E-state index contributed by atoms with van der Waals surface area (Å²) < 4.78 is 12.6. The van der Waals surface area contributed by atoms with Gasteiger partial charge in [-0.25, -0.2) is 0 Å². The second kappa shape index (κ2) is 8.20. The Morgan fingerprint density at radius 3 is 2.44 bits per heavy atom. The van der Waals surface area contributed by atoms with E-state index in [0.29, 0.717) is 19.4 Å². The van der Waals surface area contributed by atoms with Crippen LogP contribution in [0.25, 0.3) is 5.69 Å². The number of hydrogen-bond acceptors (Lipinski definition) is 3. The fourth-order valence-electron chi connectivity index (χ4n) is 2.58. The molecule has 0 unspecified atom stereocenters. The number of ether oxygens (including phenoxy) is 2. The number of esters is 1. The van der Waals surface area contributed by atoms with Crippen molar-refractivity contribution in [1.29, 1.82) is 0 Å². The first-order valence-corrected chi connectivity index (χ1v) is 8.25. The van der Waals surface area contributed by atoms with Crippen LogP contribution in [-0.2, 0) is 22.6 Å². The molecule has 0 N–H and O–H groups in total. The summed E-state index contributed by atoms with van der Waals surface area (Å²) in [5.74, 6) is 0.621. The van der Waals surface area contributed by atoms with Crippen molar-refractivity contribution in [2.45, 2.75) is 19.4 Å². The average Bonchev–Trinajstić information content (AvgIpc) is 3.20. The molecule has 25 heavy (non-hydrogen) atoms. The summed E-state index contributed by atoms with van der Waals surface area (Å²) in [6.07, 6.45) is 5.11. The van der Waals surface area contributed by atoms with E-state index >= 15 is 0 Å². The van der Waals surface area contributed by atoms with Crippen molar-refractivity contribution in [2.24, 2.45) is 0 Å². The zero-order valence-electron chi connectivity index (χ0n) is 14.2. The number of nitrogens with zero attached hydrogens (tertiary/aromatic N) is 1. The van der Waals surface area contributed by atoms with Gasteiger partial charge < -0.3 is 14.0 Å². The first kappa shape index (κ1) is 16.8. The molecule has 0 aliphatic carbocycles. The number of rotatable bonds is 7. The molecule has 0 saturated carbocycles. The Hall–Kier alpha value is -3.01. The van der Waals surface area contributed by atoms with Crippen molar-refractivity contribution < 1.29 is 14.3 Å². The lowest BCUT2D eigenvalue weighted by Gasteiger charge is -2.09. The van der Waals surface area contributed by atoms with Crippen LogP contribution < -0.4 is 4.74 Å². The highest BCUT2D eigenvalue weighted by Crippen LogP contribution is 2.17. The SMILES string of the molecule is COC(=O)CCc1ccc(OCc2cccc(-n3cccc3)c2)cc1. The number of methoxy groups -OCH3 is 1. The fraction of sp³-hybridized carbons (Fsp3) is 0.190. The molecule has 0 saturated heterocycles. The number of benzene rings is 2. The second-order valence-corrected chi connectivity index (χ2v) is 5.77. The molecule has 4 heteroatoms. The minimum absolute atomic E-state index is 0.192. The van der Waals surface area contributed by atoms with Crippen LogP contribution in [0.3, 0.4) is 0 Å². The summed E-state index contributed by atoms with van der Waals surface area (Å²) in [4.78, 5) is 11.2. The molecule has 0 atom stereocenters. The Balaban J connectivity index is 1.57. The predicted molar refractivity (Wildman–Crippen MR) is 96.9 cm³/mol. The van der Waals surface area contributed by atoms with E-state index < -0.39 is 0 Å². The zero-order valence-corrected chi connectivity index (χ0v) is 14.2. The lowest BCUT2D eigenvalue weighted by molar-refractivity contribution is -0.140. The van der Waals surface area contributed by atoms with Gasteiger partial charge in [-0.15, -0.1) is 0 Å². The van der Waals surface area contributed by atoms with Crippen LogP contribution in [0.1, 0.15) is 17.5 Å². The lowest BCUT2D eigenvalue weighted by atomic mass is 10.1. The molecule has 4 nitrogen and oxygen atoms in total. The van der Waals surface area contributed by atoms with Crippen LogP contribution >= 0.6 is 0 Å². The van der Waals surface area contributed by atoms with Gasteiger partial charge in [0.1, 0.15) is 12.4 Å². The highest BCUT2D eigenvalue weighted by atomic mass is 16.5. The summed E-state index contributed by atoms with van der Waals surface area (Å²) in [6.45, 7) is 0.511. The summed E-state index contributed by atoms with van der Waals surface area (Å²) in [5, 5.41) is 0. The molecule has 0 radical (unpaired) electrons. The van der Waals surface area contributed by atoms with Crippen molar-refractivity contribution in [1.82, 2.24) is 4.57 Å². The lowest BCUT2D eigenvalue weighted by Crippen LogP contribution is -2.02. The zero-order chi connectivity index (χ0) is 17.5. The van der Waals surface area contributed by atoms with Crippen molar-refractivity contribution in [2.75, 3.05) is 7.11 Å². The largest absolute Gasteiger partial charge is 0.489 e. The van der Waals surface area contributed by atoms with Crippen LogP contribution in [0.4, 0.5) is 0 Å². The van der Waals surface area contributed by atoms with E-state index in [9.17, 15) is 4.79 Å². The third kappa shape index (κ3) is 4.73. The van der Waals surface area contributed by atoms with Crippen molar-refractivity contribution in [3.63, 3.8) is 0 Å². The molecular formula is C21H21NO3. The molecule has 3 rings (SSSR count). The van der Waals surface area contributed by atoms with E-state index in [4.69, 9.17) is 4.74 Å². The number of carbonyl (C=O) groups excluding carboxylic acids is 1. The van der Waals surface area contributed by atoms with Gasteiger partial charge in [-0.2, -0.15) is 0 Å². The molecule has 2 aromatic carbocycles. The first-order valence-electron chi connectivity index (χ1n) is 8.25. The van der Waals surface area contributed by atoms with Crippen LogP contribution in [0.5, 0.6) is 5.75 Å². The predicted octanol–water partition coefficient (Wildman–Crippen LogP) is 4.16. The van der Waals surface area contributed by atoms with Gasteiger partial charge in [0.15, 0.2) is 0 Å². The first-order chi connectivity index (χ1) is 12.2. The second-order valence-electron chi connectivity index (χ2n) is 5.77. The van der Waals surface area contributed by atoms with Crippen LogP contribution in [0, 0.1) is 0 Å². The molecule has 3 aromatic rings. The Kier molecular flexibility index (Phi) is 5.52. The maximum atomic E-state index is 11.2. The molecule has 0 fully saturated rings. The molecular weight excluding hydrogens is 314 g/mol. The van der Waals surface area contributed by atoms with Gasteiger partial charge in [-0.3, -0.25) is 4.79 Å². The minimum atomic E-state index is -0.192. The molecule has 0 aliphatic rings. The molecule has 0 aliphatic heterocycles. The average molecular weight is 335 g/mol. The third-order valence-corrected chi connectivity index (χ3v) is 3.99. The Morgan fingerprint density at radius 1 is 0.960 bits per heavy atom. The molecule has 0 amide bonds. The number of carbonyl (C=O) groups is 1. The van der Waals surface area contributed by atoms with Crippen LogP contribution in [0.2, 0.25) is 0 Å². The van der Waals surface area contributed by atoms with Gasteiger partial charge in [-0.05, 0) is 53.9 Å². The van der Waals surface area contributed by atoms with E-state index in [1.165, 1.54) is 7.11 Å². The van der Waals surface area contributed by atoms with Gasteiger partial charge in [0.05, 0.1) is 7.11 Å². The summed E-state index contributed by atoms with van der Waals surface area (Å²) in [6, 6.07) is 20.1. The summed E-state index contributed by atoms with van der Waals surface area (Å²) in [7, 11) is 1.41. The van der Waals surface area contributed by atoms with Crippen molar-refractivity contribution in [3.05, 3.63) is 84.2 Å². The summed E-state index contributed by atoms with van der Waals surface area (Å²) in [5.41, 5.74) is 3.32. The smallest absolute Gasteiger partial charge is 0.305 e. The standard InChI is InChI=1S/C21H21NO3/c1-24-21(23)12-9-17-7-10-20(11-8-17)25-16-18-5-4-6-19(15-18)22-13-2-3-14-22/h2-8,10-11,13-15H,9,12,16H2,1H3. The fourth-order valence-corrected chi connectivity index (χ4v) is 2.58. The Morgan fingerprint density at radius 2 is 1.72 bits per heavy atom. The third-order valence-electron chi connectivity index (χ3n) is 3.99. The highest BCUT2D eigenvalue weighted by Gasteiger charge is 2.03. The monoisotopic (exact) mass is 335 g/mol. The normalized spacial score (nSPS) is 10.4. The Bertz CT molecular complexity index is 807. The van der Waals surface area contributed by atoms with Gasteiger partial charge in [-0.1, -0.05) is 24.3 Å². The number of hydrogen-bond donors (Lipinski definition) is 0. The highest BCUT2D eigenvalue weighted by molar-refractivity contribution is 5.69. The molecule has 0 spiro atoms. The van der Waals surface area contributed by atoms with Gasteiger partial charge >= 0.3 is 5.97 Å². The van der Waals surface area contributed by atoms with E-state index in [-0.39, 0.29) is 5.97 Å². The molecule has 1 aromatic heterocycles. The van der Waals surface area contributed by atoms with Crippen molar-refractivity contribution >= 4 is 5.97 Å². The maximum absolute atomic E-state index is 11.2. The van der Waals surface area contributed by atoms with Gasteiger partial charge in [0.2, 0.25) is 0 Å². The Labute approximate surface area is 147 Å². The maximum Gasteiger partial charge on any atom is 0.305 e. The van der Waals surface area contributed by atoms with Crippen LogP contribution in [0.15, 0.2) is 73.1 Å². The number of aromatic nitrogens is 1. The quantitative estimate of drug-likeness (QED) is 0.609. The minimum Gasteiger partial charge on any atom is -0.489 e. The van der Waals surface area contributed by atoms with Gasteiger partial charge in [0, 0.05) is 24.5 Å². The molecule has 1 heterocycles. The van der Waals surface area contributed by atoms with E-state index in [1.54, 1.807) is 0 Å². The molecule has 128 valence electrons. The molecule has 0 bridgehead atoms. The summed E-state index contributed by atoms with van der Waals surface area (Å²) >= 11 is 0. The number of aryl methyl sites for hydroxylation is 1. The van der Waals surface area contributed by atoms with Gasteiger partial charge in [0.25, 0.3) is 0 Å². The van der Waals surface area contributed by atoms with Crippen molar-refractivity contribution in [3.8, 4) is 11.4 Å².